The SMILES string of the molecule is Cc1ccc(C)c(S(=O)(=O)N2CCN(C(C#N)c3ccccc3C)CC2)c1. The first kappa shape index (κ1) is 19.6. The summed E-state index contributed by atoms with van der Waals surface area (Å²) >= 11 is 0. The van der Waals surface area contributed by atoms with Gasteiger partial charge in [-0.25, -0.2) is 8.42 Å². The summed E-state index contributed by atoms with van der Waals surface area (Å²) < 4.78 is 27.7. The number of piperazine rings is 1. The molecule has 1 heterocycles. The van der Waals surface area contributed by atoms with Gasteiger partial charge in [0, 0.05) is 26.2 Å². The van der Waals surface area contributed by atoms with E-state index in [4.69, 9.17) is 0 Å². The van der Waals surface area contributed by atoms with Crippen LogP contribution in [0.2, 0.25) is 0 Å². The Morgan fingerprint density at radius 1 is 0.963 bits per heavy atom. The van der Waals surface area contributed by atoms with E-state index < -0.39 is 10.0 Å². The van der Waals surface area contributed by atoms with E-state index in [9.17, 15) is 13.7 Å². The van der Waals surface area contributed by atoms with Gasteiger partial charge in [-0.15, -0.1) is 0 Å². The monoisotopic (exact) mass is 383 g/mol. The predicted octanol–water partition coefficient (Wildman–Crippen LogP) is 3.18. The molecule has 1 fully saturated rings. The normalized spacial score (nSPS) is 17.4. The minimum absolute atomic E-state index is 0.350. The number of hydrogen-bond donors (Lipinski definition) is 0. The van der Waals surface area contributed by atoms with Crippen LogP contribution >= 0.6 is 0 Å². The molecule has 0 radical (unpaired) electrons. The Hall–Kier alpha value is -2.20. The van der Waals surface area contributed by atoms with Crippen LogP contribution in [-0.2, 0) is 10.0 Å². The summed E-state index contributed by atoms with van der Waals surface area (Å²) in [4.78, 5) is 2.45. The summed E-state index contributed by atoms with van der Waals surface area (Å²) in [7, 11) is -3.52. The van der Waals surface area contributed by atoms with Crippen molar-refractivity contribution in [3.8, 4) is 6.07 Å². The Labute approximate surface area is 161 Å². The van der Waals surface area contributed by atoms with E-state index in [-0.39, 0.29) is 6.04 Å². The quantitative estimate of drug-likeness (QED) is 0.813. The van der Waals surface area contributed by atoms with Crippen molar-refractivity contribution in [1.29, 1.82) is 5.26 Å². The van der Waals surface area contributed by atoms with Gasteiger partial charge in [0.2, 0.25) is 10.0 Å². The van der Waals surface area contributed by atoms with E-state index in [1.54, 1.807) is 6.07 Å². The molecule has 6 heteroatoms. The highest BCUT2D eigenvalue weighted by molar-refractivity contribution is 7.89. The first-order chi connectivity index (χ1) is 12.8. The van der Waals surface area contributed by atoms with Gasteiger partial charge in [-0.1, -0.05) is 36.4 Å². The van der Waals surface area contributed by atoms with Crippen LogP contribution in [0.1, 0.15) is 28.3 Å². The Kier molecular flexibility index (Phi) is 5.66. The Morgan fingerprint density at radius 2 is 1.63 bits per heavy atom. The maximum atomic E-state index is 13.1. The van der Waals surface area contributed by atoms with E-state index in [1.165, 1.54) is 4.31 Å². The van der Waals surface area contributed by atoms with Crippen LogP contribution in [0.5, 0.6) is 0 Å². The van der Waals surface area contributed by atoms with E-state index in [0.717, 1.165) is 22.3 Å². The lowest BCUT2D eigenvalue weighted by atomic mass is 10.0. The molecule has 0 saturated carbocycles. The summed E-state index contributed by atoms with van der Waals surface area (Å²) in [6.07, 6.45) is 0. The van der Waals surface area contributed by atoms with E-state index in [1.807, 2.05) is 57.2 Å². The molecule has 1 saturated heterocycles. The maximum Gasteiger partial charge on any atom is 0.243 e. The molecule has 142 valence electrons. The molecule has 0 aliphatic carbocycles. The molecular formula is C21H25N3O2S. The summed E-state index contributed by atoms with van der Waals surface area (Å²) in [5.74, 6) is 0. The van der Waals surface area contributed by atoms with Crippen LogP contribution in [0.25, 0.3) is 0 Å². The first-order valence-electron chi connectivity index (χ1n) is 9.11. The molecule has 1 atom stereocenters. The van der Waals surface area contributed by atoms with E-state index in [0.29, 0.717) is 31.1 Å². The van der Waals surface area contributed by atoms with Crippen LogP contribution in [0, 0.1) is 32.1 Å². The van der Waals surface area contributed by atoms with Crippen molar-refractivity contribution in [2.24, 2.45) is 0 Å². The lowest BCUT2D eigenvalue weighted by Gasteiger charge is -2.36. The number of rotatable bonds is 4. The third-order valence-electron chi connectivity index (χ3n) is 5.21. The van der Waals surface area contributed by atoms with Crippen molar-refractivity contribution in [2.75, 3.05) is 26.2 Å². The van der Waals surface area contributed by atoms with Gasteiger partial charge in [-0.3, -0.25) is 4.90 Å². The number of hydrogen-bond acceptors (Lipinski definition) is 4. The highest BCUT2D eigenvalue weighted by Gasteiger charge is 2.32. The molecule has 0 spiro atoms. The van der Waals surface area contributed by atoms with Crippen molar-refractivity contribution >= 4 is 10.0 Å². The fourth-order valence-electron chi connectivity index (χ4n) is 3.57. The topological polar surface area (TPSA) is 64.4 Å². The molecule has 0 N–H and O–H groups in total. The number of benzene rings is 2. The Morgan fingerprint density at radius 3 is 2.26 bits per heavy atom. The molecule has 0 aromatic heterocycles. The summed E-state index contributed by atoms with van der Waals surface area (Å²) in [6.45, 7) is 7.58. The van der Waals surface area contributed by atoms with Gasteiger partial charge in [0.1, 0.15) is 6.04 Å². The van der Waals surface area contributed by atoms with Gasteiger partial charge in [0.05, 0.1) is 11.0 Å². The van der Waals surface area contributed by atoms with Gasteiger partial charge in [-0.2, -0.15) is 9.57 Å². The Bertz CT molecular complexity index is 971. The molecule has 3 rings (SSSR count). The summed E-state index contributed by atoms with van der Waals surface area (Å²) in [5, 5.41) is 9.70. The third kappa shape index (κ3) is 3.91. The van der Waals surface area contributed by atoms with Crippen molar-refractivity contribution < 1.29 is 8.42 Å². The fraction of sp³-hybridized carbons (Fsp3) is 0.381. The summed E-state index contributed by atoms with van der Waals surface area (Å²) in [5.41, 5.74) is 3.76. The number of aryl methyl sites for hydroxylation is 3. The zero-order valence-electron chi connectivity index (χ0n) is 16.0. The van der Waals surface area contributed by atoms with Crippen molar-refractivity contribution in [2.45, 2.75) is 31.7 Å². The van der Waals surface area contributed by atoms with Crippen LogP contribution in [0.15, 0.2) is 47.4 Å². The van der Waals surface area contributed by atoms with Crippen molar-refractivity contribution in [3.63, 3.8) is 0 Å². The zero-order valence-corrected chi connectivity index (χ0v) is 16.8. The molecular weight excluding hydrogens is 358 g/mol. The van der Waals surface area contributed by atoms with Gasteiger partial charge in [0.25, 0.3) is 0 Å². The number of nitriles is 1. The number of sulfonamides is 1. The van der Waals surface area contributed by atoms with Crippen molar-refractivity contribution in [3.05, 3.63) is 64.7 Å². The second-order valence-corrected chi connectivity index (χ2v) is 9.00. The first-order valence-corrected chi connectivity index (χ1v) is 10.5. The predicted molar refractivity (Wildman–Crippen MR) is 106 cm³/mol. The van der Waals surface area contributed by atoms with Gasteiger partial charge < -0.3 is 0 Å². The zero-order chi connectivity index (χ0) is 19.6. The lowest BCUT2D eigenvalue weighted by Crippen LogP contribution is -2.49. The molecule has 1 aliphatic rings. The largest absolute Gasteiger partial charge is 0.282 e. The highest BCUT2D eigenvalue weighted by atomic mass is 32.2. The van der Waals surface area contributed by atoms with E-state index >= 15 is 0 Å². The second kappa shape index (κ2) is 7.81. The summed E-state index contributed by atoms with van der Waals surface area (Å²) in [6, 6.07) is 15.4. The third-order valence-corrected chi connectivity index (χ3v) is 7.25. The maximum absolute atomic E-state index is 13.1. The second-order valence-electron chi connectivity index (χ2n) is 7.10. The standard InChI is InChI=1S/C21H25N3O2S/c1-16-8-9-18(3)21(14-16)27(25,26)24-12-10-23(11-13-24)20(15-22)19-7-5-4-6-17(19)2/h4-9,14,20H,10-13H2,1-3H3. The van der Waals surface area contributed by atoms with Gasteiger partial charge in [-0.05, 0) is 49.1 Å². The number of nitrogens with zero attached hydrogens (tertiary/aromatic N) is 3. The molecule has 27 heavy (non-hydrogen) atoms. The minimum atomic E-state index is -3.52. The molecule has 0 amide bonds. The van der Waals surface area contributed by atoms with Crippen molar-refractivity contribution in [1.82, 2.24) is 9.21 Å². The molecule has 1 aliphatic heterocycles. The minimum Gasteiger partial charge on any atom is -0.282 e. The average Bonchev–Trinajstić information content (AvgIpc) is 2.66. The molecule has 2 aromatic rings. The molecule has 5 nitrogen and oxygen atoms in total. The molecule has 0 bridgehead atoms. The van der Waals surface area contributed by atoms with Gasteiger partial charge in [0.15, 0.2) is 0 Å². The highest BCUT2D eigenvalue weighted by Crippen LogP contribution is 2.27. The van der Waals surface area contributed by atoms with Crippen LogP contribution in [0.4, 0.5) is 0 Å². The van der Waals surface area contributed by atoms with Gasteiger partial charge >= 0.3 is 0 Å². The average molecular weight is 384 g/mol. The van der Waals surface area contributed by atoms with E-state index in [2.05, 4.69) is 11.0 Å². The Balaban J connectivity index is 1.78. The molecule has 1 unspecified atom stereocenters. The van der Waals surface area contributed by atoms with Crippen LogP contribution in [-0.4, -0.2) is 43.8 Å². The smallest absolute Gasteiger partial charge is 0.243 e. The van der Waals surface area contributed by atoms with Crippen LogP contribution < -0.4 is 0 Å². The lowest BCUT2D eigenvalue weighted by molar-refractivity contribution is 0.162. The van der Waals surface area contributed by atoms with Crippen LogP contribution in [0.3, 0.4) is 0 Å². The fourth-order valence-corrected chi connectivity index (χ4v) is 5.30. The molecule has 2 aromatic carbocycles.